The predicted octanol–water partition coefficient (Wildman–Crippen LogP) is 5.37. The number of ether oxygens (including phenoxy) is 1. The van der Waals surface area contributed by atoms with E-state index < -0.39 is 17.7 Å². The molecule has 164 valence electrons. The Bertz CT molecular complexity index is 1230. The zero-order valence-corrected chi connectivity index (χ0v) is 19.6. The lowest BCUT2D eigenvalue weighted by atomic mass is 9.91. The molecule has 32 heavy (non-hydrogen) atoms. The topological polar surface area (TPSA) is 66.8 Å². The van der Waals surface area contributed by atoms with Crippen LogP contribution in [-0.4, -0.2) is 42.0 Å². The second-order valence-corrected chi connectivity index (χ2v) is 8.73. The third kappa shape index (κ3) is 3.96. The Hall–Kier alpha value is -2.96. The molecule has 4 rings (SSSR count). The van der Waals surface area contributed by atoms with Gasteiger partial charge in [0.05, 0.1) is 11.6 Å². The molecular formula is C26H24BrNO4. The summed E-state index contributed by atoms with van der Waals surface area (Å²) in [7, 11) is 1.60. The highest BCUT2D eigenvalue weighted by Gasteiger charge is 2.46. The molecule has 1 amide bonds. The maximum Gasteiger partial charge on any atom is 0.295 e. The van der Waals surface area contributed by atoms with Crippen molar-refractivity contribution in [3.8, 4) is 0 Å². The first-order valence-corrected chi connectivity index (χ1v) is 11.2. The van der Waals surface area contributed by atoms with E-state index in [2.05, 4.69) is 15.9 Å². The summed E-state index contributed by atoms with van der Waals surface area (Å²) in [6.07, 6.45) is 0.586. The molecule has 5 nitrogen and oxygen atoms in total. The van der Waals surface area contributed by atoms with Gasteiger partial charge < -0.3 is 14.7 Å². The zero-order valence-electron chi connectivity index (χ0n) is 18.0. The van der Waals surface area contributed by atoms with Crippen LogP contribution in [0.5, 0.6) is 0 Å². The molecule has 6 heteroatoms. The van der Waals surface area contributed by atoms with E-state index in [0.717, 1.165) is 26.4 Å². The Balaban J connectivity index is 1.93. The summed E-state index contributed by atoms with van der Waals surface area (Å²) in [5.41, 5.74) is 2.36. The van der Waals surface area contributed by atoms with Crippen molar-refractivity contribution in [1.29, 1.82) is 0 Å². The van der Waals surface area contributed by atoms with Crippen LogP contribution < -0.4 is 0 Å². The van der Waals surface area contributed by atoms with Crippen molar-refractivity contribution in [2.45, 2.75) is 19.4 Å². The number of aliphatic hydroxyl groups is 1. The first-order valence-electron chi connectivity index (χ1n) is 10.5. The van der Waals surface area contributed by atoms with Gasteiger partial charge in [0.2, 0.25) is 0 Å². The molecule has 0 spiro atoms. The minimum absolute atomic E-state index is 0.116. The third-order valence-electron chi connectivity index (χ3n) is 5.84. The monoisotopic (exact) mass is 493 g/mol. The number of rotatable bonds is 6. The van der Waals surface area contributed by atoms with E-state index in [1.54, 1.807) is 24.1 Å². The lowest BCUT2D eigenvalue weighted by Crippen LogP contribution is -2.31. The van der Waals surface area contributed by atoms with E-state index >= 15 is 0 Å². The number of halogens is 1. The number of benzene rings is 3. The Kier molecular flexibility index (Phi) is 6.44. The van der Waals surface area contributed by atoms with E-state index in [-0.39, 0.29) is 11.3 Å². The van der Waals surface area contributed by atoms with Crippen molar-refractivity contribution in [3.63, 3.8) is 0 Å². The van der Waals surface area contributed by atoms with Gasteiger partial charge in [-0.2, -0.15) is 0 Å². The van der Waals surface area contributed by atoms with Crippen molar-refractivity contribution in [2.75, 3.05) is 20.3 Å². The highest BCUT2D eigenvalue weighted by atomic mass is 79.9. The van der Waals surface area contributed by atoms with Crippen LogP contribution in [0.2, 0.25) is 0 Å². The second-order valence-electron chi connectivity index (χ2n) is 7.87. The van der Waals surface area contributed by atoms with Crippen molar-refractivity contribution < 1.29 is 19.4 Å². The molecule has 0 bridgehead atoms. The van der Waals surface area contributed by atoms with Gasteiger partial charge in [0.15, 0.2) is 0 Å². The summed E-state index contributed by atoms with van der Waals surface area (Å²) in [6.45, 7) is 2.73. The number of aliphatic hydroxyl groups excluding tert-OH is 1. The van der Waals surface area contributed by atoms with Gasteiger partial charge in [0.1, 0.15) is 5.76 Å². The van der Waals surface area contributed by atoms with Gasteiger partial charge in [-0.1, -0.05) is 64.5 Å². The molecule has 1 heterocycles. The van der Waals surface area contributed by atoms with Gasteiger partial charge in [-0.3, -0.25) is 9.59 Å². The number of carbonyl (C=O) groups excluding carboxylic acids is 2. The number of Topliss-reactive ketones (excluding diaryl/α,β-unsaturated/α-hetero) is 1. The number of carbonyl (C=O) groups is 2. The fourth-order valence-corrected chi connectivity index (χ4v) is 4.50. The molecule has 1 fully saturated rings. The molecular weight excluding hydrogens is 470 g/mol. The van der Waals surface area contributed by atoms with Crippen LogP contribution in [0.4, 0.5) is 0 Å². The maximum atomic E-state index is 13.2. The fourth-order valence-electron chi connectivity index (χ4n) is 4.25. The van der Waals surface area contributed by atoms with E-state index in [0.29, 0.717) is 25.1 Å². The number of hydrogen-bond acceptors (Lipinski definition) is 4. The van der Waals surface area contributed by atoms with Crippen LogP contribution in [0.3, 0.4) is 0 Å². The summed E-state index contributed by atoms with van der Waals surface area (Å²) < 4.78 is 6.06. The number of hydrogen-bond donors (Lipinski definition) is 1. The Morgan fingerprint density at radius 3 is 2.59 bits per heavy atom. The molecule has 3 aromatic rings. The number of likely N-dealkylation sites (tertiary alicyclic amines) is 1. The van der Waals surface area contributed by atoms with Crippen LogP contribution in [-0.2, 0) is 14.3 Å². The Morgan fingerprint density at radius 2 is 1.84 bits per heavy atom. The first kappa shape index (κ1) is 22.2. The number of amides is 1. The summed E-state index contributed by atoms with van der Waals surface area (Å²) in [5, 5.41) is 13.2. The van der Waals surface area contributed by atoms with Gasteiger partial charge in [-0.25, -0.2) is 0 Å². The minimum Gasteiger partial charge on any atom is -0.507 e. The summed E-state index contributed by atoms with van der Waals surface area (Å²) in [6, 6.07) is 18.4. The number of nitrogens with zero attached hydrogens (tertiary/aromatic N) is 1. The molecule has 0 radical (unpaired) electrons. The van der Waals surface area contributed by atoms with E-state index in [1.165, 1.54) is 0 Å². The zero-order chi connectivity index (χ0) is 22.8. The normalized spacial score (nSPS) is 18.0. The molecule has 1 unspecified atom stereocenters. The summed E-state index contributed by atoms with van der Waals surface area (Å²) >= 11 is 3.47. The van der Waals surface area contributed by atoms with Crippen molar-refractivity contribution in [2.24, 2.45) is 0 Å². The lowest BCUT2D eigenvalue weighted by Gasteiger charge is -2.26. The van der Waals surface area contributed by atoms with Crippen molar-refractivity contribution >= 4 is 44.2 Å². The first-order chi connectivity index (χ1) is 15.4. The molecule has 1 N–H and O–H groups in total. The van der Waals surface area contributed by atoms with Crippen LogP contribution >= 0.6 is 15.9 Å². The number of aryl methyl sites for hydroxylation is 1. The minimum atomic E-state index is -0.679. The lowest BCUT2D eigenvalue weighted by molar-refractivity contribution is -0.140. The largest absolute Gasteiger partial charge is 0.507 e. The standard InChI is InChI=1S/C26H24BrNO4/c1-16-15-18(11-12-21(16)27)24(29)22-23(28(13-6-14-32-2)26(31)25(22)30)20-10-5-8-17-7-3-4-9-19(17)20/h3-5,7-12,15,23,29H,6,13-14H2,1-2H3/b24-22-. The van der Waals surface area contributed by atoms with E-state index in [4.69, 9.17) is 4.74 Å². The van der Waals surface area contributed by atoms with E-state index in [1.807, 2.05) is 55.5 Å². The molecule has 1 atom stereocenters. The Labute approximate surface area is 195 Å². The van der Waals surface area contributed by atoms with Crippen LogP contribution in [0.25, 0.3) is 16.5 Å². The molecule has 1 saturated heterocycles. The van der Waals surface area contributed by atoms with Crippen LogP contribution in [0, 0.1) is 6.92 Å². The molecule has 1 aliphatic rings. The number of ketones is 1. The van der Waals surface area contributed by atoms with Gasteiger partial charge in [0, 0.05) is 30.3 Å². The fraction of sp³-hybridized carbons (Fsp3) is 0.231. The highest BCUT2D eigenvalue weighted by Crippen LogP contribution is 2.42. The quantitative estimate of drug-likeness (QED) is 0.217. The molecule has 0 saturated carbocycles. The summed E-state index contributed by atoms with van der Waals surface area (Å²) in [5.74, 6) is -1.43. The highest BCUT2D eigenvalue weighted by molar-refractivity contribution is 9.10. The average Bonchev–Trinajstić information content (AvgIpc) is 3.05. The van der Waals surface area contributed by atoms with E-state index in [9.17, 15) is 14.7 Å². The maximum absolute atomic E-state index is 13.2. The van der Waals surface area contributed by atoms with Gasteiger partial charge in [-0.15, -0.1) is 0 Å². The van der Waals surface area contributed by atoms with Gasteiger partial charge in [0.25, 0.3) is 11.7 Å². The SMILES string of the molecule is COCCCN1C(=O)C(=O)/C(=C(\O)c2ccc(Br)c(C)c2)C1c1cccc2ccccc12. The average molecular weight is 494 g/mol. The smallest absolute Gasteiger partial charge is 0.295 e. The molecule has 0 aliphatic carbocycles. The Morgan fingerprint density at radius 1 is 1.09 bits per heavy atom. The second kappa shape index (κ2) is 9.27. The number of fused-ring (bicyclic) bond motifs is 1. The third-order valence-corrected chi connectivity index (χ3v) is 6.73. The molecule has 1 aliphatic heterocycles. The molecule has 3 aromatic carbocycles. The van der Waals surface area contributed by atoms with Crippen LogP contribution in [0.15, 0.2) is 70.7 Å². The summed E-state index contributed by atoms with van der Waals surface area (Å²) in [4.78, 5) is 27.8. The molecule has 0 aromatic heterocycles. The van der Waals surface area contributed by atoms with Gasteiger partial charge in [-0.05, 0) is 47.4 Å². The van der Waals surface area contributed by atoms with Crippen molar-refractivity contribution in [3.05, 3.63) is 87.4 Å². The predicted molar refractivity (Wildman–Crippen MR) is 128 cm³/mol. The van der Waals surface area contributed by atoms with Gasteiger partial charge >= 0.3 is 0 Å². The van der Waals surface area contributed by atoms with Crippen molar-refractivity contribution in [1.82, 2.24) is 4.90 Å². The van der Waals surface area contributed by atoms with Crippen LogP contribution in [0.1, 0.15) is 29.2 Å². The number of methoxy groups -OCH3 is 1.